The van der Waals surface area contributed by atoms with E-state index in [-0.39, 0.29) is 27.6 Å². The van der Waals surface area contributed by atoms with E-state index < -0.39 is 10.0 Å². The second-order valence-electron chi connectivity index (χ2n) is 7.63. The Labute approximate surface area is 186 Å². The molecule has 160 valence electrons. The molecule has 0 bridgehead atoms. The number of piperidine rings is 1. The van der Waals surface area contributed by atoms with Crippen LogP contribution in [0.25, 0.3) is 0 Å². The highest BCUT2D eigenvalue weighted by Crippen LogP contribution is 2.33. The van der Waals surface area contributed by atoms with Gasteiger partial charge in [-0.2, -0.15) is 0 Å². The molecule has 0 aliphatic carbocycles. The van der Waals surface area contributed by atoms with Crippen molar-refractivity contribution >= 4 is 44.8 Å². The van der Waals surface area contributed by atoms with Crippen LogP contribution in [0.2, 0.25) is 10.0 Å². The zero-order chi connectivity index (χ0) is 21.5. The molecule has 30 heavy (non-hydrogen) atoms. The second-order valence-corrected chi connectivity index (χ2v) is 10.1. The minimum atomic E-state index is -3.97. The first kappa shape index (κ1) is 21.3. The monoisotopic (exact) mass is 468 g/mol. The van der Waals surface area contributed by atoms with Crippen LogP contribution in [0.5, 0.6) is 5.75 Å². The van der Waals surface area contributed by atoms with E-state index in [0.717, 1.165) is 25.7 Å². The lowest BCUT2D eigenvalue weighted by molar-refractivity contribution is 0.0548. The third-order valence-electron chi connectivity index (χ3n) is 5.56. The number of rotatable bonds is 3. The fraction of sp³-hybridized carbons (Fsp3) is 0.381. The second kappa shape index (κ2) is 8.29. The molecule has 0 saturated carbocycles. The van der Waals surface area contributed by atoms with Crippen LogP contribution in [0, 0.1) is 6.92 Å². The van der Waals surface area contributed by atoms with Crippen LogP contribution in [0.3, 0.4) is 0 Å². The summed E-state index contributed by atoms with van der Waals surface area (Å²) in [5.41, 5.74) is 1.23. The van der Waals surface area contributed by atoms with Crippen molar-refractivity contribution in [2.24, 2.45) is 0 Å². The molecule has 6 nitrogen and oxygen atoms in total. The Kier molecular flexibility index (Phi) is 5.88. The van der Waals surface area contributed by atoms with Gasteiger partial charge in [0.15, 0.2) is 0 Å². The number of nitrogens with zero attached hydrogens (tertiary/aromatic N) is 1. The lowest BCUT2D eigenvalue weighted by atomic mass is 9.97. The Bertz CT molecular complexity index is 1100. The van der Waals surface area contributed by atoms with Gasteiger partial charge in [-0.05, 0) is 62.1 Å². The van der Waals surface area contributed by atoms with Crippen LogP contribution < -0.4 is 9.46 Å². The van der Waals surface area contributed by atoms with Gasteiger partial charge < -0.3 is 9.64 Å². The van der Waals surface area contributed by atoms with Gasteiger partial charge in [0.25, 0.3) is 15.9 Å². The molecule has 2 aliphatic rings. The number of amides is 1. The number of carbonyl (C=O) groups is 1. The van der Waals surface area contributed by atoms with Crippen LogP contribution >= 0.6 is 23.2 Å². The smallest absolute Gasteiger partial charge is 0.263 e. The molecular formula is C21H22Cl2N2O4S. The first-order valence-corrected chi connectivity index (χ1v) is 12.1. The zero-order valence-corrected chi connectivity index (χ0v) is 18.8. The number of hydrogen-bond donors (Lipinski definition) is 1. The molecule has 1 saturated heterocycles. The summed E-state index contributed by atoms with van der Waals surface area (Å²) in [7, 11) is -3.97. The van der Waals surface area contributed by atoms with E-state index in [9.17, 15) is 13.2 Å². The lowest BCUT2D eigenvalue weighted by Gasteiger charge is -2.37. The van der Waals surface area contributed by atoms with Crippen molar-refractivity contribution in [1.82, 2.24) is 4.90 Å². The minimum absolute atomic E-state index is 0.0277. The number of halogens is 2. The van der Waals surface area contributed by atoms with Crippen LogP contribution in [0.15, 0.2) is 35.2 Å². The van der Waals surface area contributed by atoms with Gasteiger partial charge in [-0.1, -0.05) is 23.2 Å². The zero-order valence-electron chi connectivity index (χ0n) is 16.5. The third kappa shape index (κ3) is 4.11. The molecule has 4 rings (SSSR count). The Hall–Kier alpha value is -1.96. The first-order chi connectivity index (χ1) is 14.3. The largest absolute Gasteiger partial charge is 0.493 e. The summed E-state index contributed by atoms with van der Waals surface area (Å²) in [6.45, 7) is 2.93. The normalized spacial score (nSPS) is 19.2. The van der Waals surface area contributed by atoms with E-state index in [1.54, 1.807) is 19.1 Å². The highest BCUT2D eigenvalue weighted by molar-refractivity contribution is 7.92. The standard InChI is InChI=1S/C21H22Cl2N2O4S/c1-13-10-20(18(23)12-17(13)22)30(27,28)24-14-5-6-19-16(11-14)21(26)25-8-3-2-4-15(25)7-9-29-19/h5-6,10-12,15,24H,2-4,7-9H2,1H3/t15-/m0/s1. The van der Waals surface area contributed by atoms with Gasteiger partial charge in [0, 0.05) is 29.7 Å². The Morgan fingerprint density at radius 3 is 2.70 bits per heavy atom. The number of ether oxygens (including phenoxy) is 1. The fourth-order valence-electron chi connectivity index (χ4n) is 3.96. The highest BCUT2D eigenvalue weighted by Gasteiger charge is 2.31. The van der Waals surface area contributed by atoms with Gasteiger partial charge in [-0.3, -0.25) is 9.52 Å². The predicted octanol–water partition coefficient (Wildman–Crippen LogP) is 4.88. The minimum Gasteiger partial charge on any atom is -0.493 e. The Morgan fingerprint density at radius 2 is 1.90 bits per heavy atom. The van der Waals surface area contributed by atoms with Gasteiger partial charge >= 0.3 is 0 Å². The van der Waals surface area contributed by atoms with Gasteiger partial charge in [0.2, 0.25) is 0 Å². The highest BCUT2D eigenvalue weighted by atomic mass is 35.5. The van der Waals surface area contributed by atoms with Crippen LogP contribution in [0.1, 0.15) is 41.6 Å². The quantitative estimate of drug-likeness (QED) is 0.696. The van der Waals surface area contributed by atoms with E-state index in [2.05, 4.69) is 4.72 Å². The molecule has 9 heteroatoms. The van der Waals surface area contributed by atoms with Gasteiger partial charge in [-0.15, -0.1) is 0 Å². The van der Waals surface area contributed by atoms with Gasteiger partial charge in [0.05, 0.1) is 17.2 Å². The topological polar surface area (TPSA) is 75.7 Å². The Morgan fingerprint density at radius 1 is 1.10 bits per heavy atom. The maximum absolute atomic E-state index is 13.2. The van der Waals surface area contributed by atoms with Crippen LogP contribution in [-0.2, 0) is 10.0 Å². The molecule has 0 unspecified atom stereocenters. The van der Waals surface area contributed by atoms with Crippen LogP contribution in [-0.4, -0.2) is 38.4 Å². The summed E-state index contributed by atoms with van der Waals surface area (Å²) in [4.78, 5) is 15.0. The number of carbonyl (C=O) groups excluding carboxylic acids is 1. The van der Waals surface area contributed by atoms with Crippen molar-refractivity contribution in [1.29, 1.82) is 0 Å². The summed E-state index contributed by atoms with van der Waals surface area (Å²) in [5, 5.41) is 0.416. The van der Waals surface area contributed by atoms with E-state index in [1.807, 2.05) is 4.90 Å². The van der Waals surface area contributed by atoms with Gasteiger partial charge in [0.1, 0.15) is 10.6 Å². The van der Waals surface area contributed by atoms with E-state index in [0.29, 0.717) is 35.1 Å². The molecule has 2 aliphatic heterocycles. The molecule has 2 aromatic carbocycles. The van der Waals surface area contributed by atoms with E-state index >= 15 is 0 Å². The molecule has 0 radical (unpaired) electrons. The summed E-state index contributed by atoms with van der Waals surface area (Å²) in [5.74, 6) is 0.336. The van der Waals surface area contributed by atoms with Crippen molar-refractivity contribution in [2.45, 2.75) is 43.5 Å². The molecule has 2 aromatic rings. The average Bonchev–Trinajstić information content (AvgIpc) is 2.70. The van der Waals surface area contributed by atoms with Crippen molar-refractivity contribution in [3.05, 3.63) is 51.5 Å². The fourth-order valence-corrected chi connectivity index (χ4v) is 5.84. The summed E-state index contributed by atoms with van der Waals surface area (Å²) in [6, 6.07) is 7.73. The molecular weight excluding hydrogens is 447 g/mol. The van der Waals surface area contributed by atoms with Crippen molar-refractivity contribution in [2.75, 3.05) is 17.9 Å². The molecule has 1 N–H and O–H groups in total. The van der Waals surface area contributed by atoms with Gasteiger partial charge in [-0.25, -0.2) is 8.42 Å². The van der Waals surface area contributed by atoms with Crippen molar-refractivity contribution in [3.8, 4) is 5.75 Å². The number of nitrogens with one attached hydrogen (secondary N) is 1. The number of sulfonamides is 1. The van der Waals surface area contributed by atoms with Crippen LogP contribution in [0.4, 0.5) is 5.69 Å². The number of fused-ring (bicyclic) bond motifs is 2. The first-order valence-electron chi connectivity index (χ1n) is 9.82. The molecule has 2 heterocycles. The summed E-state index contributed by atoms with van der Waals surface area (Å²) >= 11 is 12.1. The molecule has 1 fully saturated rings. The summed E-state index contributed by atoms with van der Waals surface area (Å²) in [6.07, 6.45) is 3.83. The number of anilines is 1. The maximum Gasteiger partial charge on any atom is 0.263 e. The van der Waals surface area contributed by atoms with Crippen molar-refractivity contribution in [3.63, 3.8) is 0 Å². The number of aryl methyl sites for hydroxylation is 1. The number of hydrogen-bond acceptors (Lipinski definition) is 4. The van der Waals surface area contributed by atoms with E-state index in [4.69, 9.17) is 27.9 Å². The molecule has 0 spiro atoms. The maximum atomic E-state index is 13.2. The third-order valence-corrected chi connectivity index (χ3v) is 7.81. The lowest BCUT2D eigenvalue weighted by Crippen LogP contribution is -2.45. The summed E-state index contributed by atoms with van der Waals surface area (Å²) < 4.78 is 34.2. The van der Waals surface area contributed by atoms with E-state index in [1.165, 1.54) is 18.2 Å². The Balaban J connectivity index is 1.67. The molecule has 1 amide bonds. The SMILES string of the molecule is Cc1cc(S(=O)(=O)Nc2ccc3c(c2)C(=O)N2CCCC[C@H]2CCO3)c(Cl)cc1Cl. The molecule has 1 atom stereocenters. The predicted molar refractivity (Wildman–Crippen MR) is 117 cm³/mol. The number of benzene rings is 2. The van der Waals surface area contributed by atoms with Crippen molar-refractivity contribution < 1.29 is 17.9 Å². The molecule has 0 aromatic heterocycles. The average molecular weight is 469 g/mol.